The Kier molecular flexibility index (Phi) is 10.3. The molecule has 0 aliphatic carbocycles. The average Bonchev–Trinajstić information content (AvgIpc) is 3.19. The number of aryl methyl sites for hydroxylation is 3. The van der Waals surface area contributed by atoms with Gasteiger partial charge in [0.1, 0.15) is 17.2 Å². The molecular formula is C48H36O6. The summed E-state index contributed by atoms with van der Waals surface area (Å²) in [6.45, 7) is 6.08. The molecule has 0 aromatic heterocycles. The van der Waals surface area contributed by atoms with E-state index in [1.54, 1.807) is 36.4 Å². The van der Waals surface area contributed by atoms with Gasteiger partial charge in [0.2, 0.25) is 0 Å². The fourth-order valence-corrected chi connectivity index (χ4v) is 5.86. The summed E-state index contributed by atoms with van der Waals surface area (Å²) < 4.78 is 17.1. The zero-order valence-electron chi connectivity index (χ0n) is 30.0. The summed E-state index contributed by atoms with van der Waals surface area (Å²) in [5.41, 5.74) is 9.37. The van der Waals surface area contributed by atoms with Crippen molar-refractivity contribution in [2.24, 2.45) is 0 Å². The van der Waals surface area contributed by atoms with E-state index in [0.717, 1.165) is 50.1 Å². The third-order valence-electron chi connectivity index (χ3n) is 8.99. The van der Waals surface area contributed by atoms with Gasteiger partial charge in [-0.1, -0.05) is 126 Å². The van der Waals surface area contributed by atoms with E-state index in [1.165, 1.54) is 18.2 Å². The standard InChI is InChI=1S/C48H36O6/c1-31-4-10-34(11-5-31)37-16-22-43(23-17-37)52-46(49)40-28-41(47(50)53-44-24-18-38(19-25-44)35-12-6-32(2)7-13-35)30-42(29-40)48(51)54-45-26-20-39(21-27-45)36-14-8-33(3)9-15-36/h4-30H,1-3H3. The van der Waals surface area contributed by atoms with Crippen LogP contribution in [0.3, 0.4) is 0 Å². The van der Waals surface area contributed by atoms with Crippen LogP contribution in [-0.4, -0.2) is 17.9 Å². The van der Waals surface area contributed by atoms with Crippen LogP contribution in [0.15, 0.2) is 164 Å². The van der Waals surface area contributed by atoms with Crippen LogP contribution in [0.4, 0.5) is 0 Å². The number of rotatable bonds is 9. The van der Waals surface area contributed by atoms with Crippen molar-refractivity contribution in [1.29, 1.82) is 0 Å². The summed E-state index contributed by atoms with van der Waals surface area (Å²) in [6, 6.07) is 49.7. The van der Waals surface area contributed by atoms with E-state index >= 15 is 0 Å². The van der Waals surface area contributed by atoms with Gasteiger partial charge in [0, 0.05) is 0 Å². The Labute approximate surface area is 314 Å². The minimum absolute atomic E-state index is 0.0246. The van der Waals surface area contributed by atoms with E-state index in [1.807, 2.05) is 130 Å². The smallest absolute Gasteiger partial charge is 0.343 e. The van der Waals surface area contributed by atoms with Gasteiger partial charge >= 0.3 is 17.9 Å². The van der Waals surface area contributed by atoms with Crippen molar-refractivity contribution in [3.8, 4) is 50.6 Å². The highest BCUT2D eigenvalue weighted by Gasteiger charge is 2.21. The maximum absolute atomic E-state index is 13.5. The highest BCUT2D eigenvalue weighted by Crippen LogP contribution is 2.27. The maximum atomic E-state index is 13.5. The molecule has 0 radical (unpaired) electrons. The van der Waals surface area contributed by atoms with Crippen LogP contribution >= 0.6 is 0 Å². The van der Waals surface area contributed by atoms with E-state index in [4.69, 9.17) is 14.2 Å². The predicted molar refractivity (Wildman–Crippen MR) is 211 cm³/mol. The monoisotopic (exact) mass is 708 g/mol. The summed E-state index contributed by atoms with van der Waals surface area (Å²) in [4.78, 5) is 40.6. The minimum Gasteiger partial charge on any atom is -0.423 e. The highest BCUT2D eigenvalue weighted by atomic mass is 16.5. The van der Waals surface area contributed by atoms with Crippen molar-refractivity contribution in [2.75, 3.05) is 0 Å². The molecule has 0 spiro atoms. The summed E-state index contributed by atoms with van der Waals surface area (Å²) >= 11 is 0. The molecule has 0 heterocycles. The van der Waals surface area contributed by atoms with Gasteiger partial charge in [-0.25, -0.2) is 14.4 Å². The second-order valence-electron chi connectivity index (χ2n) is 13.1. The van der Waals surface area contributed by atoms with Gasteiger partial charge in [0.05, 0.1) is 16.7 Å². The maximum Gasteiger partial charge on any atom is 0.343 e. The Morgan fingerprint density at radius 2 is 0.481 bits per heavy atom. The predicted octanol–water partition coefficient (Wildman–Crippen LogP) is 11.3. The summed E-state index contributed by atoms with van der Waals surface area (Å²) in [7, 11) is 0. The average molecular weight is 709 g/mol. The molecule has 0 bridgehead atoms. The summed E-state index contributed by atoms with van der Waals surface area (Å²) in [5.74, 6) is -1.37. The third-order valence-corrected chi connectivity index (χ3v) is 8.99. The number of esters is 3. The molecule has 0 saturated heterocycles. The van der Waals surface area contributed by atoms with Crippen LogP contribution in [-0.2, 0) is 0 Å². The van der Waals surface area contributed by atoms with Crippen molar-refractivity contribution in [3.05, 3.63) is 197 Å². The molecule has 7 rings (SSSR count). The van der Waals surface area contributed by atoms with Crippen LogP contribution in [0, 0.1) is 20.8 Å². The number of hydrogen-bond donors (Lipinski definition) is 0. The molecule has 7 aromatic carbocycles. The molecule has 6 heteroatoms. The SMILES string of the molecule is Cc1ccc(-c2ccc(OC(=O)c3cc(C(=O)Oc4ccc(-c5ccc(C)cc5)cc4)cc(C(=O)Oc4ccc(-c5ccc(C)cc5)cc4)c3)cc2)cc1. The molecule has 54 heavy (non-hydrogen) atoms. The van der Waals surface area contributed by atoms with E-state index in [9.17, 15) is 14.4 Å². The minimum atomic E-state index is -0.758. The second kappa shape index (κ2) is 15.7. The molecule has 0 fully saturated rings. The first kappa shape index (κ1) is 35.4. The first-order chi connectivity index (χ1) is 26.2. The Bertz CT molecular complexity index is 2140. The molecule has 7 aromatic rings. The first-order valence-electron chi connectivity index (χ1n) is 17.5. The molecule has 0 unspecified atom stereocenters. The number of ether oxygens (including phenoxy) is 3. The van der Waals surface area contributed by atoms with Crippen molar-refractivity contribution in [2.45, 2.75) is 20.8 Å². The lowest BCUT2D eigenvalue weighted by Gasteiger charge is -2.11. The van der Waals surface area contributed by atoms with Gasteiger partial charge in [-0.3, -0.25) is 0 Å². The number of carbonyl (C=O) groups is 3. The van der Waals surface area contributed by atoms with Crippen molar-refractivity contribution in [1.82, 2.24) is 0 Å². The van der Waals surface area contributed by atoms with Gasteiger partial charge in [-0.2, -0.15) is 0 Å². The van der Waals surface area contributed by atoms with Gasteiger partial charge in [0.15, 0.2) is 0 Å². The Hall–Kier alpha value is -7.05. The van der Waals surface area contributed by atoms with E-state index in [2.05, 4.69) is 0 Å². The highest BCUT2D eigenvalue weighted by molar-refractivity contribution is 6.02. The molecule has 0 amide bonds. The lowest BCUT2D eigenvalue weighted by Crippen LogP contribution is -2.16. The van der Waals surface area contributed by atoms with Crippen LogP contribution in [0.1, 0.15) is 47.8 Å². The molecule has 264 valence electrons. The Morgan fingerprint density at radius 1 is 0.296 bits per heavy atom. The third kappa shape index (κ3) is 8.52. The second-order valence-corrected chi connectivity index (χ2v) is 13.1. The van der Waals surface area contributed by atoms with Crippen LogP contribution in [0.5, 0.6) is 17.2 Å². The van der Waals surface area contributed by atoms with Crippen LogP contribution in [0.25, 0.3) is 33.4 Å². The van der Waals surface area contributed by atoms with E-state index in [-0.39, 0.29) is 16.7 Å². The molecule has 0 atom stereocenters. The fraction of sp³-hybridized carbons (Fsp3) is 0.0625. The van der Waals surface area contributed by atoms with Gasteiger partial charge in [0.25, 0.3) is 0 Å². The van der Waals surface area contributed by atoms with Crippen LogP contribution in [0.2, 0.25) is 0 Å². The lowest BCUT2D eigenvalue weighted by molar-refractivity contribution is 0.0734. The van der Waals surface area contributed by atoms with Crippen molar-refractivity contribution in [3.63, 3.8) is 0 Å². The number of benzene rings is 7. The largest absolute Gasteiger partial charge is 0.423 e. The number of hydrogen-bond acceptors (Lipinski definition) is 6. The topological polar surface area (TPSA) is 78.9 Å². The van der Waals surface area contributed by atoms with E-state index in [0.29, 0.717) is 17.2 Å². The zero-order valence-corrected chi connectivity index (χ0v) is 30.0. The number of carbonyl (C=O) groups excluding carboxylic acids is 3. The molecular weight excluding hydrogens is 673 g/mol. The van der Waals surface area contributed by atoms with Gasteiger partial charge < -0.3 is 14.2 Å². The molecule has 0 aliphatic rings. The van der Waals surface area contributed by atoms with Gasteiger partial charge in [-0.15, -0.1) is 0 Å². The van der Waals surface area contributed by atoms with Gasteiger partial charge in [-0.05, 0) is 109 Å². The Morgan fingerprint density at radius 3 is 0.685 bits per heavy atom. The van der Waals surface area contributed by atoms with Crippen molar-refractivity contribution < 1.29 is 28.6 Å². The van der Waals surface area contributed by atoms with Crippen LogP contribution < -0.4 is 14.2 Å². The fourth-order valence-electron chi connectivity index (χ4n) is 5.86. The zero-order chi connectivity index (χ0) is 37.6. The van der Waals surface area contributed by atoms with Crippen molar-refractivity contribution >= 4 is 17.9 Å². The molecule has 0 saturated carbocycles. The normalized spacial score (nSPS) is 10.7. The quantitative estimate of drug-likeness (QED) is 0.110. The molecule has 6 nitrogen and oxygen atoms in total. The lowest BCUT2D eigenvalue weighted by atomic mass is 10.0. The van der Waals surface area contributed by atoms with E-state index < -0.39 is 17.9 Å². The molecule has 0 N–H and O–H groups in total. The first-order valence-corrected chi connectivity index (χ1v) is 17.5. The summed E-state index contributed by atoms with van der Waals surface area (Å²) in [6.07, 6.45) is 0. The molecule has 0 aliphatic heterocycles. The summed E-state index contributed by atoms with van der Waals surface area (Å²) in [5, 5.41) is 0. The Balaban J connectivity index is 1.12.